The molecule has 2 rings (SSSR count). The minimum Gasteiger partial charge on any atom is -0.376 e. The van der Waals surface area contributed by atoms with Crippen LogP contribution < -0.4 is 5.32 Å². The summed E-state index contributed by atoms with van der Waals surface area (Å²) in [5.41, 5.74) is 0.542. The molecule has 5 nitrogen and oxygen atoms in total. The lowest BCUT2D eigenvalue weighted by molar-refractivity contribution is -0.384. The maximum Gasteiger partial charge on any atom is 0.311 e. The average molecular weight is 300 g/mol. The monoisotopic (exact) mass is 299 g/mol. The molecule has 0 saturated heterocycles. The van der Waals surface area contributed by atoms with Gasteiger partial charge in [-0.2, -0.15) is 0 Å². The first-order chi connectivity index (χ1) is 8.08. The van der Waals surface area contributed by atoms with Crippen molar-refractivity contribution in [2.45, 2.75) is 32.2 Å². The van der Waals surface area contributed by atoms with Crippen molar-refractivity contribution >= 4 is 27.3 Å². The number of pyridine rings is 1. The Hall–Kier alpha value is -1.17. The van der Waals surface area contributed by atoms with Crippen LogP contribution in [0, 0.1) is 16.0 Å². The van der Waals surface area contributed by atoms with Crippen LogP contribution in [0.5, 0.6) is 0 Å². The number of anilines is 1. The van der Waals surface area contributed by atoms with Crippen LogP contribution in [-0.2, 0) is 0 Å². The third-order valence-electron chi connectivity index (χ3n) is 2.85. The second kappa shape index (κ2) is 5.00. The third kappa shape index (κ3) is 3.15. The Morgan fingerprint density at radius 1 is 1.65 bits per heavy atom. The Morgan fingerprint density at radius 3 is 2.94 bits per heavy atom. The highest BCUT2D eigenvalue weighted by Crippen LogP contribution is 2.36. The normalized spacial score (nSPS) is 16.6. The van der Waals surface area contributed by atoms with Crippen molar-refractivity contribution in [3.63, 3.8) is 0 Å². The van der Waals surface area contributed by atoms with Crippen LogP contribution >= 0.6 is 15.9 Å². The summed E-state index contributed by atoms with van der Waals surface area (Å²) in [6, 6.07) is 0.236. The number of aromatic nitrogens is 1. The molecule has 92 valence electrons. The molecule has 1 N–H and O–H groups in total. The van der Waals surface area contributed by atoms with Crippen LogP contribution in [0.1, 0.15) is 26.2 Å². The van der Waals surface area contributed by atoms with Crippen molar-refractivity contribution in [1.29, 1.82) is 0 Å². The molecule has 1 aromatic rings. The fourth-order valence-corrected chi connectivity index (χ4v) is 2.30. The fraction of sp³-hybridized carbons (Fsp3) is 0.545. The minimum atomic E-state index is -0.413. The summed E-state index contributed by atoms with van der Waals surface area (Å²) < 4.78 is 0.634. The molecule has 17 heavy (non-hydrogen) atoms. The zero-order valence-corrected chi connectivity index (χ0v) is 11.1. The van der Waals surface area contributed by atoms with Gasteiger partial charge in [-0.25, -0.2) is 0 Å². The molecule has 1 saturated carbocycles. The molecule has 1 heterocycles. The van der Waals surface area contributed by atoms with E-state index in [4.69, 9.17) is 0 Å². The maximum atomic E-state index is 10.9. The van der Waals surface area contributed by atoms with E-state index >= 15 is 0 Å². The predicted molar refractivity (Wildman–Crippen MR) is 69.0 cm³/mol. The van der Waals surface area contributed by atoms with Gasteiger partial charge in [0.15, 0.2) is 0 Å². The van der Waals surface area contributed by atoms with Crippen molar-refractivity contribution in [1.82, 2.24) is 4.98 Å². The van der Waals surface area contributed by atoms with E-state index in [1.807, 2.05) is 0 Å². The molecular formula is C11H14BrN3O2. The van der Waals surface area contributed by atoms with E-state index < -0.39 is 4.92 Å². The van der Waals surface area contributed by atoms with Gasteiger partial charge in [0.25, 0.3) is 0 Å². The van der Waals surface area contributed by atoms with E-state index in [0.29, 0.717) is 10.2 Å². The number of halogens is 1. The number of nitrogens with one attached hydrogen (secondary N) is 1. The van der Waals surface area contributed by atoms with Gasteiger partial charge < -0.3 is 5.32 Å². The summed E-state index contributed by atoms with van der Waals surface area (Å²) >= 11 is 3.30. The van der Waals surface area contributed by atoms with Crippen LogP contribution in [0.25, 0.3) is 0 Å². The zero-order valence-electron chi connectivity index (χ0n) is 9.52. The number of hydrogen-bond acceptors (Lipinski definition) is 4. The highest BCUT2D eigenvalue weighted by molar-refractivity contribution is 9.10. The molecule has 0 amide bonds. The van der Waals surface area contributed by atoms with Gasteiger partial charge >= 0.3 is 5.69 Å². The smallest absolute Gasteiger partial charge is 0.311 e. The first kappa shape index (κ1) is 12.3. The molecule has 0 radical (unpaired) electrons. The lowest BCUT2D eigenvalue weighted by Crippen LogP contribution is -2.17. The molecular weight excluding hydrogens is 286 g/mol. The molecule has 1 aliphatic carbocycles. The minimum absolute atomic E-state index is 0.0158. The summed E-state index contributed by atoms with van der Waals surface area (Å²) in [6.45, 7) is 2.05. The molecule has 1 fully saturated rings. The van der Waals surface area contributed by atoms with Gasteiger partial charge in [-0.05, 0) is 35.2 Å². The largest absolute Gasteiger partial charge is 0.376 e. The van der Waals surface area contributed by atoms with E-state index in [1.165, 1.54) is 19.0 Å². The van der Waals surface area contributed by atoms with E-state index in [1.54, 1.807) is 6.20 Å². The zero-order chi connectivity index (χ0) is 12.4. The number of nitro groups is 1. The summed E-state index contributed by atoms with van der Waals surface area (Å²) in [6.07, 6.45) is 6.47. The fourth-order valence-electron chi connectivity index (χ4n) is 1.86. The maximum absolute atomic E-state index is 10.9. The lowest BCUT2D eigenvalue weighted by atomic mass is 10.1. The van der Waals surface area contributed by atoms with Gasteiger partial charge in [0.05, 0.1) is 9.40 Å². The quantitative estimate of drug-likeness (QED) is 0.669. The Morgan fingerprint density at radius 2 is 2.35 bits per heavy atom. The summed E-state index contributed by atoms with van der Waals surface area (Å²) in [4.78, 5) is 14.3. The first-order valence-corrected chi connectivity index (χ1v) is 6.41. The summed E-state index contributed by atoms with van der Waals surface area (Å²) in [5, 5.41) is 14.1. The molecule has 1 unspecified atom stereocenters. The van der Waals surface area contributed by atoms with Crippen LogP contribution in [0.4, 0.5) is 11.4 Å². The molecule has 1 aliphatic rings. The Bertz CT molecular complexity index is 435. The van der Waals surface area contributed by atoms with Crippen molar-refractivity contribution in [3.05, 3.63) is 27.0 Å². The topological polar surface area (TPSA) is 68.1 Å². The molecule has 1 atom stereocenters. The van der Waals surface area contributed by atoms with Crippen molar-refractivity contribution in [3.8, 4) is 0 Å². The average Bonchev–Trinajstić information content (AvgIpc) is 3.04. The van der Waals surface area contributed by atoms with Gasteiger partial charge in [0, 0.05) is 12.2 Å². The number of rotatable bonds is 5. The Kier molecular flexibility index (Phi) is 3.61. The number of hydrogen-bond donors (Lipinski definition) is 1. The predicted octanol–water partition coefficient (Wildman–Crippen LogP) is 3.35. The second-order valence-corrected chi connectivity index (χ2v) is 5.35. The molecule has 1 aromatic heterocycles. The number of nitrogens with zero attached hydrogens (tertiary/aromatic N) is 2. The lowest BCUT2D eigenvalue weighted by Gasteiger charge is -2.15. The van der Waals surface area contributed by atoms with Crippen LogP contribution in [0.3, 0.4) is 0 Å². The van der Waals surface area contributed by atoms with Gasteiger partial charge in [-0.3, -0.25) is 15.1 Å². The van der Waals surface area contributed by atoms with E-state index in [0.717, 1.165) is 12.3 Å². The van der Waals surface area contributed by atoms with Crippen LogP contribution in [0.15, 0.2) is 16.9 Å². The highest BCUT2D eigenvalue weighted by atomic mass is 79.9. The summed E-state index contributed by atoms with van der Waals surface area (Å²) in [5.74, 6) is 0.789. The Balaban J connectivity index is 2.14. The van der Waals surface area contributed by atoms with Gasteiger partial charge in [-0.1, -0.05) is 12.8 Å². The van der Waals surface area contributed by atoms with E-state index in [2.05, 4.69) is 33.2 Å². The van der Waals surface area contributed by atoms with Crippen LogP contribution in [-0.4, -0.2) is 15.9 Å². The van der Waals surface area contributed by atoms with Crippen LogP contribution in [0.2, 0.25) is 0 Å². The van der Waals surface area contributed by atoms with Gasteiger partial charge in [-0.15, -0.1) is 0 Å². The van der Waals surface area contributed by atoms with E-state index in [9.17, 15) is 10.1 Å². The molecule has 0 spiro atoms. The molecule has 0 bridgehead atoms. The first-order valence-electron chi connectivity index (χ1n) is 5.62. The SMILES string of the molecule is CC(CC1CC1)Nc1c(Br)cncc1[N+](=O)[O-]. The van der Waals surface area contributed by atoms with Crippen molar-refractivity contribution in [2.75, 3.05) is 5.32 Å². The van der Waals surface area contributed by atoms with E-state index in [-0.39, 0.29) is 11.7 Å². The second-order valence-electron chi connectivity index (χ2n) is 4.50. The van der Waals surface area contributed by atoms with Gasteiger partial charge in [0.2, 0.25) is 0 Å². The highest BCUT2D eigenvalue weighted by Gasteiger charge is 2.25. The molecule has 0 aliphatic heterocycles. The van der Waals surface area contributed by atoms with Gasteiger partial charge in [0.1, 0.15) is 11.9 Å². The third-order valence-corrected chi connectivity index (χ3v) is 3.45. The van der Waals surface area contributed by atoms with Crippen molar-refractivity contribution < 1.29 is 4.92 Å². The molecule has 6 heteroatoms. The van der Waals surface area contributed by atoms with Crippen molar-refractivity contribution in [2.24, 2.45) is 5.92 Å². The Labute approximate surface area is 108 Å². The summed E-state index contributed by atoms with van der Waals surface area (Å²) in [7, 11) is 0. The molecule has 0 aromatic carbocycles. The standard InChI is InChI=1S/C11H14BrN3O2/c1-7(4-8-2-3-8)14-11-9(12)5-13-6-10(11)15(16)17/h5-8H,2-4H2,1H3,(H,13,14).